The van der Waals surface area contributed by atoms with E-state index in [-0.39, 0.29) is 36.8 Å². The van der Waals surface area contributed by atoms with Crippen LogP contribution in [0.3, 0.4) is 0 Å². The smallest absolute Gasteiger partial charge is 0.253 e. The normalized spacial score (nSPS) is 34.0. The van der Waals surface area contributed by atoms with E-state index in [0.29, 0.717) is 24.4 Å². The van der Waals surface area contributed by atoms with Gasteiger partial charge < -0.3 is 29.3 Å². The molecule has 0 aromatic heterocycles. The Kier molecular flexibility index (Phi) is 6.64. The van der Waals surface area contributed by atoms with E-state index in [1.54, 1.807) is 48.2 Å². The van der Waals surface area contributed by atoms with E-state index >= 15 is 0 Å². The van der Waals surface area contributed by atoms with Crippen molar-refractivity contribution in [3.63, 3.8) is 0 Å². The van der Waals surface area contributed by atoms with Gasteiger partial charge in [-0.15, -0.1) is 0 Å². The van der Waals surface area contributed by atoms with Crippen LogP contribution in [0.25, 0.3) is 0 Å². The van der Waals surface area contributed by atoms with Crippen molar-refractivity contribution in [3.05, 3.63) is 48.6 Å². The molecule has 0 saturated carbocycles. The van der Waals surface area contributed by atoms with Gasteiger partial charge in [-0.2, -0.15) is 0 Å². The lowest BCUT2D eigenvalue weighted by Gasteiger charge is -2.41. The van der Waals surface area contributed by atoms with Crippen molar-refractivity contribution in [1.29, 1.82) is 0 Å². The van der Waals surface area contributed by atoms with Crippen LogP contribution in [0.1, 0.15) is 27.2 Å². The first kappa shape index (κ1) is 26.4. The maximum atomic E-state index is 14.5. The number of amides is 3. The molecule has 9 heteroatoms. The number of benzene rings is 1. The Balaban J connectivity index is 1.68. The van der Waals surface area contributed by atoms with Crippen LogP contribution in [-0.4, -0.2) is 89.8 Å². The zero-order valence-electron chi connectivity index (χ0n) is 22.7. The van der Waals surface area contributed by atoms with Crippen molar-refractivity contribution in [1.82, 2.24) is 9.80 Å². The molecule has 4 aliphatic rings. The Morgan fingerprint density at radius 1 is 1.05 bits per heavy atom. The first-order valence-electron chi connectivity index (χ1n) is 13.3. The second-order valence-corrected chi connectivity index (χ2v) is 11.0. The first-order valence-corrected chi connectivity index (χ1v) is 13.3. The van der Waals surface area contributed by atoms with Crippen LogP contribution in [0.2, 0.25) is 0 Å². The average Bonchev–Trinajstić information content (AvgIpc) is 3.19. The fourth-order valence-electron chi connectivity index (χ4n) is 6.75. The summed E-state index contributed by atoms with van der Waals surface area (Å²) in [5.41, 5.74) is -1.75. The third kappa shape index (κ3) is 3.70. The number of aliphatic hydroxyl groups excluding tert-OH is 1. The summed E-state index contributed by atoms with van der Waals surface area (Å²) >= 11 is 0. The number of hydrogen-bond donors (Lipinski definition) is 1. The molecule has 1 unspecified atom stereocenters. The van der Waals surface area contributed by atoms with Crippen molar-refractivity contribution in [3.8, 4) is 5.75 Å². The fourth-order valence-corrected chi connectivity index (χ4v) is 6.75. The summed E-state index contributed by atoms with van der Waals surface area (Å²) in [5.74, 6) is -1.92. The maximum absolute atomic E-state index is 14.5. The molecule has 1 spiro atoms. The molecular formula is C29H37N3O6. The highest BCUT2D eigenvalue weighted by molar-refractivity contribution is 6.06. The number of anilines is 1. The zero-order chi connectivity index (χ0) is 27.4. The van der Waals surface area contributed by atoms with Gasteiger partial charge in [0.15, 0.2) is 0 Å². The van der Waals surface area contributed by atoms with Crippen LogP contribution in [0.15, 0.2) is 48.6 Å². The van der Waals surface area contributed by atoms with Crippen LogP contribution < -0.4 is 9.64 Å². The summed E-state index contributed by atoms with van der Waals surface area (Å²) in [6, 6.07) is 5.54. The number of fused-ring (bicyclic) bond motifs is 2. The number of likely N-dealkylation sites (tertiary alicyclic amines) is 1. The molecule has 3 amide bonds. The SMILES string of the molecule is CC[C@H](C)[C@H](CO)N1C(=O)[C@@H]2[C@H]3C(=O)N(C)CC=C[C@@]3(C)O[C@@]23C=CCN(c2ccc(OC)cc2)C(=O)C13. The van der Waals surface area contributed by atoms with Crippen LogP contribution in [0, 0.1) is 17.8 Å². The molecule has 5 rings (SSSR count). The van der Waals surface area contributed by atoms with Crippen LogP contribution >= 0.6 is 0 Å². The van der Waals surface area contributed by atoms with Crippen LogP contribution in [0.5, 0.6) is 5.75 Å². The number of likely N-dealkylation sites (N-methyl/N-ethyl adjacent to an activating group) is 1. The molecule has 4 aliphatic heterocycles. The van der Waals surface area contributed by atoms with Gasteiger partial charge in [-0.25, -0.2) is 0 Å². The summed E-state index contributed by atoms with van der Waals surface area (Å²) in [4.78, 5) is 47.4. The Hall–Kier alpha value is -3.17. The number of carbonyl (C=O) groups is 3. The highest BCUT2D eigenvalue weighted by atomic mass is 16.5. The third-order valence-corrected chi connectivity index (χ3v) is 8.93. The lowest BCUT2D eigenvalue weighted by Crippen LogP contribution is -2.60. The highest BCUT2D eigenvalue weighted by Gasteiger charge is 2.75. The minimum atomic E-state index is -1.35. The molecule has 1 aromatic carbocycles. The molecule has 2 saturated heterocycles. The number of rotatable bonds is 6. The minimum Gasteiger partial charge on any atom is -0.497 e. The van der Waals surface area contributed by atoms with E-state index in [0.717, 1.165) is 0 Å². The predicted octanol–water partition coefficient (Wildman–Crippen LogP) is 2.00. The van der Waals surface area contributed by atoms with E-state index < -0.39 is 35.1 Å². The van der Waals surface area contributed by atoms with E-state index in [4.69, 9.17) is 9.47 Å². The molecular weight excluding hydrogens is 486 g/mol. The summed E-state index contributed by atoms with van der Waals surface area (Å²) in [7, 11) is 3.30. The van der Waals surface area contributed by atoms with Crippen molar-refractivity contribution in [2.24, 2.45) is 17.8 Å². The Labute approximate surface area is 223 Å². The number of ether oxygens (including phenoxy) is 2. The molecule has 0 bridgehead atoms. The topological polar surface area (TPSA) is 99.6 Å². The third-order valence-electron chi connectivity index (χ3n) is 8.93. The Bertz CT molecular complexity index is 1180. The van der Waals surface area contributed by atoms with Crippen molar-refractivity contribution < 1.29 is 29.0 Å². The number of methoxy groups -OCH3 is 1. The quantitative estimate of drug-likeness (QED) is 0.573. The number of nitrogens with zero attached hydrogens (tertiary/aromatic N) is 3. The van der Waals surface area contributed by atoms with Gasteiger partial charge in [0.1, 0.15) is 17.4 Å². The average molecular weight is 524 g/mol. The van der Waals surface area contributed by atoms with Crippen molar-refractivity contribution in [2.75, 3.05) is 38.8 Å². The summed E-state index contributed by atoms with van der Waals surface area (Å²) in [6.45, 7) is 6.18. The van der Waals surface area contributed by atoms with E-state index in [1.165, 1.54) is 4.90 Å². The minimum absolute atomic E-state index is 0.0758. The molecule has 0 aliphatic carbocycles. The lowest BCUT2D eigenvalue weighted by molar-refractivity contribution is -0.152. The molecule has 38 heavy (non-hydrogen) atoms. The number of carbonyl (C=O) groups excluding carboxylic acids is 3. The Morgan fingerprint density at radius 3 is 2.37 bits per heavy atom. The van der Waals surface area contributed by atoms with Crippen molar-refractivity contribution >= 4 is 23.4 Å². The second kappa shape index (κ2) is 9.54. The standard InChI is InChI=1S/C29H37N3O6/c1-6-18(2)21(17-33)32-24-27(36)31(19-9-11-20(37-5)12-10-19)16-8-14-29(24)23(26(32)35)22-25(34)30(4)15-7-13-28(22,3)38-29/h7-14,18,21-24,33H,6,15-17H2,1-5H3/t18-,21-,22-,23-,24?,28+,29-/m0/s1. The second-order valence-electron chi connectivity index (χ2n) is 11.0. The first-order chi connectivity index (χ1) is 18.1. The largest absolute Gasteiger partial charge is 0.497 e. The van der Waals surface area contributed by atoms with Gasteiger partial charge in [-0.3, -0.25) is 14.4 Å². The molecule has 2 fully saturated rings. The number of aliphatic hydroxyl groups is 1. The highest BCUT2D eigenvalue weighted by Crippen LogP contribution is 2.58. The van der Waals surface area contributed by atoms with Gasteiger partial charge in [0.05, 0.1) is 37.2 Å². The predicted molar refractivity (Wildman–Crippen MR) is 141 cm³/mol. The van der Waals surface area contributed by atoms with Crippen molar-refractivity contribution in [2.45, 2.75) is 50.5 Å². The zero-order valence-corrected chi connectivity index (χ0v) is 22.7. The molecule has 7 atom stereocenters. The van der Waals surface area contributed by atoms with Gasteiger partial charge in [-0.05, 0) is 37.1 Å². The van der Waals surface area contributed by atoms with Gasteiger partial charge >= 0.3 is 0 Å². The molecule has 9 nitrogen and oxygen atoms in total. The summed E-state index contributed by atoms with van der Waals surface area (Å²) < 4.78 is 12.1. The van der Waals surface area contributed by atoms with E-state index in [9.17, 15) is 19.5 Å². The van der Waals surface area contributed by atoms with E-state index in [1.807, 2.05) is 45.1 Å². The van der Waals surface area contributed by atoms with E-state index in [2.05, 4.69) is 0 Å². The lowest BCUT2D eigenvalue weighted by atomic mass is 9.74. The molecule has 204 valence electrons. The number of hydrogen-bond acceptors (Lipinski definition) is 6. The van der Waals surface area contributed by atoms with Crippen LogP contribution in [-0.2, 0) is 19.1 Å². The van der Waals surface area contributed by atoms with Gasteiger partial charge in [-0.1, -0.05) is 44.6 Å². The fraction of sp³-hybridized carbons (Fsp3) is 0.552. The van der Waals surface area contributed by atoms with Crippen LogP contribution in [0.4, 0.5) is 5.69 Å². The maximum Gasteiger partial charge on any atom is 0.253 e. The summed E-state index contributed by atoms with van der Waals surface area (Å²) in [5, 5.41) is 10.5. The molecule has 1 aromatic rings. The Morgan fingerprint density at radius 2 is 1.74 bits per heavy atom. The molecule has 4 heterocycles. The van der Waals surface area contributed by atoms with Gasteiger partial charge in [0.25, 0.3) is 5.91 Å². The molecule has 0 radical (unpaired) electrons. The monoisotopic (exact) mass is 523 g/mol. The molecule has 1 N–H and O–H groups in total. The van der Waals surface area contributed by atoms with Gasteiger partial charge in [0, 0.05) is 25.8 Å². The summed E-state index contributed by atoms with van der Waals surface area (Å²) in [6.07, 6.45) is 8.14. The van der Waals surface area contributed by atoms with Gasteiger partial charge in [0.2, 0.25) is 11.8 Å².